The number of hydrogen-bond acceptors (Lipinski definition) is 5. The lowest BCUT2D eigenvalue weighted by Gasteiger charge is -2.07. The fraction of sp³-hybridized carbons (Fsp3) is 0.143. The summed E-state index contributed by atoms with van der Waals surface area (Å²) in [5.41, 5.74) is 9.56. The number of aryl methyl sites for hydroxylation is 1. The van der Waals surface area contributed by atoms with Crippen molar-refractivity contribution in [1.29, 1.82) is 5.26 Å². The van der Waals surface area contributed by atoms with E-state index in [1.54, 1.807) is 12.4 Å². The maximum absolute atomic E-state index is 9.11. The number of benzene rings is 1. The van der Waals surface area contributed by atoms with Crippen LogP contribution in [0.15, 0.2) is 40.8 Å². The Bertz CT molecular complexity index is 767. The van der Waals surface area contributed by atoms with Gasteiger partial charge in [0.05, 0.1) is 40.5 Å². The molecule has 1 aromatic heterocycles. The Kier molecular flexibility index (Phi) is 2.50. The van der Waals surface area contributed by atoms with Gasteiger partial charge >= 0.3 is 0 Å². The molecule has 1 unspecified atom stereocenters. The Morgan fingerprint density at radius 2 is 2.16 bits per heavy atom. The Morgan fingerprint density at radius 3 is 2.95 bits per heavy atom. The summed E-state index contributed by atoms with van der Waals surface area (Å²) in [6.45, 7) is 2.00. The van der Waals surface area contributed by atoms with E-state index in [1.807, 2.05) is 25.1 Å². The molecule has 19 heavy (non-hydrogen) atoms. The second kappa shape index (κ2) is 4.18. The molecule has 0 radical (unpaired) electrons. The van der Waals surface area contributed by atoms with Crippen molar-refractivity contribution in [2.45, 2.75) is 12.8 Å². The second-order valence-electron chi connectivity index (χ2n) is 4.45. The van der Waals surface area contributed by atoms with Gasteiger partial charge in [0.25, 0.3) is 0 Å². The Hall–Kier alpha value is -2.74. The first kappa shape index (κ1) is 11.4. The van der Waals surface area contributed by atoms with Gasteiger partial charge in [-0.1, -0.05) is 6.07 Å². The number of fused-ring (bicyclic) bond motifs is 1. The fourth-order valence-corrected chi connectivity index (χ4v) is 2.09. The van der Waals surface area contributed by atoms with E-state index in [0.717, 1.165) is 16.6 Å². The summed E-state index contributed by atoms with van der Waals surface area (Å²) in [7, 11) is 0. The first-order chi connectivity index (χ1) is 9.19. The minimum absolute atomic E-state index is 0.263. The molecule has 2 aromatic rings. The predicted octanol–water partition coefficient (Wildman–Crippen LogP) is 1.80. The SMILES string of the molecule is Cc1ccc2ncc(C3C=NC(N)=C3C#N)nc2c1. The van der Waals surface area contributed by atoms with Crippen LogP contribution in [0, 0.1) is 18.3 Å². The molecule has 0 saturated carbocycles. The van der Waals surface area contributed by atoms with Crippen molar-refractivity contribution < 1.29 is 0 Å². The van der Waals surface area contributed by atoms with E-state index in [2.05, 4.69) is 21.0 Å². The Balaban J connectivity index is 2.12. The summed E-state index contributed by atoms with van der Waals surface area (Å²) in [5.74, 6) is -0.0268. The van der Waals surface area contributed by atoms with E-state index in [4.69, 9.17) is 11.0 Å². The predicted molar refractivity (Wildman–Crippen MR) is 72.3 cm³/mol. The molecule has 1 atom stereocenters. The van der Waals surface area contributed by atoms with Crippen molar-refractivity contribution in [1.82, 2.24) is 9.97 Å². The molecular formula is C14H11N5. The van der Waals surface area contributed by atoms with Gasteiger partial charge < -0.3 is 5.73 Å². The normalized spacial score (nSPS) is 18.0. The number of allylic oxidation sites excluding steroid dienone is 1. The van der Waals surface area contributed by atoms with Gasteiger partial charge in [-0.3, -0.25) is 4.98 Å². The third kappa shape index (κ3) is 1.83. The summed E-state index contributed by atoms with van der Waals surface area (Å²) in [6, 6.07) is 7.98. The molecule has 2 heterocycles. The zero-order valence-electron chi connectivity index (χ0n) is 10.3. The van der Waals surface area contributed by atoms with E-state index < -0.39 is 0 Å². The smallest absolute Gasteiger partial charge is 0.137 e. The van der Waals surface area contributed by atoms with Crippen LogP contribution < -0.4 is 5.73 Å². The molecule has 0 bridgehead atoms. The molecule has 3 rings (SSSR count). The quantitative estimate of drug-likeness (QED) is 0.834. The monoisotopic (exact) mass is 249 g/mol. The molecule has 2 N–H and O–H groups in total. The number of aliphatic imine (C=N–C) groups is 1. The van der Waals surface area contributed by atoms with Crippen molar-refractivity contribution in [3.8, 4) is 6.07 Å². The van der Waals surface area contributed by atoms with Crippen molar-refractivity contribution in [2.75, 3.05) is 0 Å². The van der Waals surface area contributed by atoms with Crippen LogP contribution >= 0.6 is 0 Å². The molecule has 0 saturated heterocycles. The van der Waals surface area contributed by atoms with Gasteiger partial charge in [0.2, 0.25) is 0 Å². The third-order valence-electron chi connectivity index (χ3n) is 3.11. The maximum atomic E-state index is 9.11. The zero-order valence-corrected chi connectivity index (χ0v) is 10.3. The summed E-state index contributed by atoms with van der Waals surface area (Å²) < 4.78 is 0. The number of nitriles is 1. The third-order valence-corrected chi connectivity index (χ3v) is 3.11. The zero-order chi connectivity index (χ0) is 13.4. The van der Waals surface area contributed by atoms with Crippen molar-refractivity contribution in [3.05, 3.63) is 47.0 Å². The lowest BCUT2D eigenvalue weighted by molar-refractivity contribution is 1.01. The van der Waals surface area contributed by atoms with Crippen molar-refractivity contribution in [3.63, 3.8) is 0 Å². The summed E-state index contributed by atoms with van der Waals surface area (Å²) in [5, 5.41) is 9.11. The molecule has 0 aliphatic carbocycles. The molecule has 0 fully saturated rings. The van der Waals surface area contributed by atoms with Crippen LogP contribution in [0.3, 0.4) is 0 Å². The molecule has 5 heteroatoms. The topological polar surface area (TPSA) is 88.0 Å². The van der Waals surface area contributed by atoms with E-state index >= 15 is 0 Å². The fourth-order valence-electron chi connectivity index (χ4n) is 2.09. The molecule has 1 aromatic carbocycles. The van der Waals surface area contributed by atoms with E-state index in [9.17, 15) is 0 Å². The van der Waals surface area contributed by atoms with Crippen molar-refractivity contribution >= 4 is 17.2 Å². The van der Waals surface area contributed by atoms with E-state index in [-0.39, 0.29) is 11.7 Å². The number of nitrogens with two attached hydrogens (primary N) is 1. The van der Waals surface area contributed by atoms with Gasteiger partial charge in [0.1, 0.15) is 5.82 Å². The number of rotatable bonds is 1. The van der Waals surface area contributed by atoms with Gasteiger partial charge in [-0.25, -0.2) is 9.98 Å². The van der Waals surface area contributed by atoms with Crippen LogP contribution in [0.1, 0.15) is 17.2 Å². The highest BCUT2D eigenvalue weighted by atomic mass is 14.9. The minimum Gasteiger partial charge on any atom is -0.383 e. The summed E-state index contributed by atoms with van der Waals surface area (Å²) >= 11 is 0. The second-order valence-corrected chi connectivity index (χ2v) is 4.45. The van der Waals surface area contributed by atoms with Crippen LogP contribution in [-0.4, -0.2) is 16.2 Å². The van der Waals surface area contributed by atoms with Gasteiger partial charge in [-0.15, -0.1) is 0 Å². The molecule has 1 aliphatic rings. The summed E-state index contributed by atoms with van der Waals surface area (Å²) in [4.78, 5) is 12.9. The maximum Gasteiger partial charge on any atom is 0.137 e. The lowest BCUT2D eigenvalue weighted by Crippen LogP contribution is -2.05. The van der Waals surface area contributed by atoms with E-state index in [0.29, 0.717) is 11.3 Å². The van der Waals surface area contributed by atoms with Crippen LogP contribution in [0.25, 0.3) is 11.0 Å². The first-order valence-electron chi connectivity index (χ1n) is 5.86. The van der Waals surface area contributed by atoms with Crippen LogP contribution in [-0.2, 0) is 0 Å². The number of nitrogens with zero attached hydrogens (tertiary/aromatic N) is 4. The molecule has 0 spiro atoms. The molecule has 5 nitrogen and oxygen atoms in total. The largest absolute Gasteiger partial charge is 0.383 e. The average molecular weight is 249 g/mol. The lowest BCUT2D eigenvalue weighted by atomic mass is 10.00. The highest BCUT2D eigenvalue weighted by Crippen LogP contribution is 2.27. The standard InChI is InChI=1S/C14H11N5/c1-8-2-3-11-12(4-8)19-13(7-17-11)10-6-18-14(16)9(10)5-15/h2-4,6-7,10H,16H2,1H3. The Labute approximate surface area is 110 Å². The highest BCUT2D eigenvalue weighted by molar-refractivity contribution is 5.80. The highest BCUT2D eigenvalue weighted by Gasteiger charge is 2.24. The Morgan fingerprint density at radius 1 is 1.32 bits per heavy atom. The molecule has 0 amide bonds. The first-order valence-corrected chi connectivity index (χ1v) is 5.86. The molecule has 1 aliphatic heterocycles. The molecular weight excluding hydrogens is 238 g/mol. The van der Waals surface area contributed by atoms with Crippen LogP contribution in [0.5, 0.6) is 0 Å². The van der Waals surface area contributed by atoms with Crippen molar-refractivity contribution in [2.24, 2.45) is 10.7 Å². The van der Waals surface area contributed by atoms with Gasteiger partial charge in [0.15, 0.2) is 0 Å². The van der Waals surface area contributed by atoms with Crippen LogP contribution in [0.4, 0.5) is 0 Å². The van der Waals surface area contributed by atoms with Gasteiger partial charge in [-0.05, 0) is 24.6 Å². The van der Waals surface area contributed by atoms with Crippen LogP contribution in [0.2, 0.25) is 0 Å². The van der Waals surface area contributed by atoms with Gasteiger partial charge in [-0.2, -0.15) is 5.26 Å². The molecule has 92 valence electrons. The van der Waals surface area contributed by atoms with E-state index in [1.165, 1.54) is 0 Å². The average Bonchev–Trinajstić information content (AvgIpc) is 2.79. The number of hydrogen-bond donors (Lipinski definition) is 1. The minimum atomic E-state index is -0.289. The number of aromatic nitrogens is 2. The summed E-state index contributed by atoms with van der Waals surface area (Å²) in [6.07, 6.45) is 3.31. The van der Waals surface area contributed by atoms with Gasteiger partial charge in [0, 0.05) is 6.21 Å².